The largest absolute Gasteiger partial charge is 0.394 e. The Labute approximate surface area is 172 Å². The first kappa shape index (κ1) is 21.5. The Balaban J connectivity index is 0.000000431. The summed E-state index contributed by atoms with van der Waals surface area (Å²) in [6.07, 6.45) is 3.26. The van der Waals surface area contributed by atoms with Crippen molar-refractivity contribution in [2.45, 2.75) is 32.2 Å². The summed E-state index contributed by atoms with van der Waals surface area (Å²) in [5.41, 5.74) is 5.39. The van der Waals surface area contributed by atoms with Crippen LogP contribution in [0.5, 0.6) is 0 Å². The van der Waals surface area contributed by atoms with Crippen molar-refractivity contribution in [3.63, 3.8) is 0 Å². The average Bonchev–Trinajstić information content (AvgIpc) is 3.27. The van der Waals surface area contributed by atoms with Gasteiger partial charge in [0.25, 0.3) is 5.91 Å². The van der Waals surface area contributed by atoms with E-state index >= 15 is 0 Å². The molecule has 0 radical (unpaired) electrons. The molecule has 1 atom stereocenters. The van der Waals surface area contributed by atoms with Gasteiger partial charge < -0.3 is 15.6 Å². The fourth-order valence-corrected chi connectivity index (χ4v) is 4.15. The second-order valence-electron chi connectivity index (χ2n) is 6.75. The minimum Gasteiger partial charge on any atom is -0.358 e. The lowest BCUT2D eigenvalue weighted by Crippen LogP contribution is -2.34. The molecule has 0 saturated heterocycles. The van der Waals surface area contributed by atoms with Crippen LogP contribution in [0.1, 0.15) is 35.0 Å². The maximum Gasteiger partial charge on any atom is 0.394 e. The Kier molecular flexibility index (Phi) is 6.70. The average molecular weight is 438 g/mol. The van der Waals surface area contributed by atoms with E-state index in [1.807, 2.05) is 35.0 Å². The maximum absolute atomic E-state index is 12.5. The van der Waals surface area contributed by atoms with E-state index in [0.29, 0.717) is 11.6 Å². The fourth-order valence-electron chi connectivity index (χ4n) is 3.56. The highest BCUT2D eigenvalue weighted by molar-refractivity contribution is 7.79. The number of likely N-dealkylation sites (N-methyl/N-ethyl adjacent to an activating group) is 1. The van der Waals surface area contributed by atoms with Gasteiger partial charge in [-0.1, -0.05) is 6.92 Å². The number of thiophene rings is 1. The first-order valence-electron chi connectivity index (χ1n) is 9.15. The third-order valence-corrected chi connectivity index (χ3v) is 5.41. The van der Waals surface area contributed by atoms with E-state index in [1.165, 1.54) is 23.1 Å². The Hall–Kier alpha value is -2.24. The minimum atomic E-state index is -4.67. The quantitative estimate of drug-likeness (QED) is 0.398. The molecule has 0 aliphatic heterocycles. The zero-order valence-electron chi connectivity index (χ0n) is 15.8. The van der Waals surface area contributed by atoms with Gasteiger partial charge in [-0.3, -0.25) is 13.9 Å². The van der Waals surface area contributed by atoms with Crippen molar-refractivity contribution < 1.29 is 22.3 Å². The number of carbonyl (C=O) groups excluding carboxylic acids is 1. The lowest BCUT2D eigenvalue weighted by molar-refractivity contribution is 0.102. The summed E-state index contributed by atoms with van der Waals surface area (Å²) in [7, 11) is -4.67. The summed E-state index contributed by atoms with van der Waals surface area (Å²) in [6, 6.07) is 8.40. The van der Waals surface area contributed by atoms with E-state index < -0.39 is 10.4 Å². The number of rotatable bonds is 4. The predicted octanol–water partition coefficient (Wildman–Crippen LogP) is 3.30. The molecule has 1 aliphatic rings. The molecule has 156 valence electrons. The molecule has 10 heteroatoms. The lowest BCUT2D eigenvalue weighted by Gasteiger charge is -2.23. The molecule has 1 unspecified atom stereocenters. The molecule has 0 bridgehead atoms. The first-order valence-corrected chi connectivity index (χ1v) is 11.5. The number of H-pyrrole nitrogens is 1. The van der Waals surface area contributed by atoms with Gasteiger partial charge in [-0.05, 0) is 61.0 Å². The summed E-state index contributed by atoms with van der Waals surface area (Å²) < 4.78 is 31.6. The summed E-state index contributed by atoms with van der Waals surface area (Å²) in [4.78, 5) is 16.0. The molecule has 4 rings (SSSR count). The summed E-state index contributed by atoms with van der Waals surface area (Å²) in [5.74, 6) is -0.0516. The minimum absolute atomic E-state index is 0.0516. The van der Waals surface area contributed by atoms with Gasteiger partial charge >= 0.3 is 10.4 Å². The Morgan fingerprint density at radius 1 is 1.31 bits per heavy atom. The SMILES string of the molecule is CCNC1CCc2[nH]c3ccc(C(=O)Nc4ccsc4)cc3c2C1.O=S(=O)(O)O. The zero-order valence-corrected chi connectivity index (χ0v) is 17.4. The molecule has 29 heavy (non-hydrogen) atoms. The van der Waals surface area contributed by atoms with Gasteiger partial charge in [-0.2, -0.15) is 19.8 Å². The zero-order chi connectivity index (χ0) is 21.0. The second kappa shape index (κ2) is 9.06. The molecule has 0 fully saturated rings. The summed E-state index contributed by atoms with van der Waals surface area (Å²) in [5, 5.41) is 11.6. The number of aromatic nitrogens is 1. The molecule has 2 heterocycles. The van der Waals surface area contributed by atoms with Crippen LogP contribution in [-0.4, -0.2) is 41.0 Å². The lowest BCUT2D eigenvalue weighted by atomic mass is 9.91. The Bertz CT molecular complexity index is 1080. The van der Waals surface area contributed by atoms with Crippen molar-refractivity contribution in [3.05, 3.63) is 51.8 Å². The Morgan fingerprint density at radius 2 is 2.07 bits per heavy atom. The fraction of sp³-hybridized carbons (Fsp3) is 0.316. The van der Waals surface area contributed by atoms with Crippen LogP contribution in [0.2, 0.25) is 0 Å². The monoisotopic (exact) mass is 437 g/mol. The van der Waals surface area contributed by atoms with Crippen molar-refractivity contribution in [3.8, 4) is 0 Å². The number of anilines is 1. The van der Waals surface area contributed by atoms with Crippen LogP contribution < -0.4 is 10.6 Å². The van der Waals surface area contributed by atoms with Crippen LogP contribution in [0.4, 0.5) is 5.69 Å². The predicted molar refractivity (Wildman–Crippen MR) is 114 cm³/mol. The van der Waals surface area contributed by atoms with Crippen LogP contribution in [0.15, 0.2) is 35.0 Å². The molecule has 0 saturated carbocycles. The van der Waals surface area contributed by atoms with E-state index in [9.17, 15) is 4.79 Å². The molecule has 8 nitrogen and oxygen atoms in total. The second-order valence-corrected chi connectivity index (χ2v) is 8.43. The maximum atomic E-state index is 12.5. The van der Waals surface area contributed by atoms with Crippen molar-refractivity contribution in [1.29, 1.82) is 0 Å². The number of benzene rings is 1. The number of hydrogen-bond acceptors (Lipinski definition) is 5. The molecule has 0 spiro atoms. The van der Waals surface area contributed by atoms with Gasteiger partial charge in [0.05, 0.1) is 5.69 Å². The van der Waals surface area contributed by atoms with E-state index in [1.54, 1.807) is 11.3 Å². The molecular weight excluding hydrogens is 414 g/mol. The standard InChI is InChI=1S/C19H21N3OS.H2O4S/c1-2-20-13-4-6-18-16(10-13)15-9-12(3-5-17(15)22-18)19(23)21-14-7-8-24-11-14;1-5(2,3)4/h3,5,7-9,11,13,20,22H,2,4,6,10H2,1H3,(H,21,23);(H2,1,2,3,4). The van der Waals surface area contributed by atoms with Gasteiger partial charge in [0.15, 0.2) is 0 Å². The molecule has 1 aromatic carbocycles. The van der Waals surface area contributed by atoms with E-state index in [0.717, 1.165) is 30.6 Å². The van der Waals surface area contributed by atoms with Gasteiger partial charge in [-0.25, -0.2) is 0 Å². The third kappa shape index (κ3) is 5.87. The summed E-state index contributed by atoms with van der Waals surface area (Å²) >= 11 is 1.58. The van der Waals surface area contributed by atoms with Gasteiger partial charge in [0, 0.05) is 33.6 Å². The summed E-state index contributed by atoms with van der Waals surface area (Å²) in [6.45, 7) is 3.15. The number of nitrogens with one attached hydrogen (secondary N) is 3. The Morgan fingerprint density at radius 3 is 2.72 bits per heavy atom. The highest BCUT2D eigenvalue weighted by Crippen LogP contribution is 2.30. The van der Waals surface area contributed by atoms with Gasteiger partial charge in [-0.15, -0.1) is 0 Å². The van der Waals surface area contributed by atoms with Crippen LogP contribution in [0.25, 0.3) is 10.9 Å². The smallest absolute Gasteiger partial charge is 0.358 e. The van der Waals surface area contributed by atoms with Crippen molar-refractivity contribution in [2.24, 2.45) is 0 Å². The van der Waals surface area contributed by atoms with E-state index in [2.05, 4.69) is 22.5 Å². The first-order chi connectivity index (χ1) is 13.7. The number of amides is 1. The van der Waals surface area contributed by atoms with E-state index in [-0.39, 0.29) is 5.91 Å². The highest BCUT2D eigenvalue weighted by Gasteiger charge is 2.22. The number of aryl methyl sites for hydroxylation is 1. The van der Waals surface area contributed by atoms with Crippen molar-refractivity contribution >= 4 is 44.2 Å². The van der Waals surface area contributed by atoms with Crippen molar-refractivity contribution in [1.82, 2.24) is 10.3 Å². The number of carbonyl (C=O) groups is 1. The molecule has 5 N–H and O–H groups in total. The third-order valence-electron chi connectivity index (χ3n) is 4.72. The molecule has 3 aromatic rings. The normalized spacial score (nSPS) is 16.0. The number of fused-ring (bicyclic) bond motifs is 3. The van der Waals surface area contributed by atoms with Crippen molar-refractivity contribution in [2.75, 3.05) is 11.9 Å². The van der Waals surface area contributed by atoms with E-state index in [4.69, 9.17) is 17.5 Å². The van der Waals surface area contributed by atoms with Crippen LogP contribution >= 0.6 is 11.3 Å². The number of hydrogen-bond donors (Lipinski definition) is 5. The molecule has 1 amide bonds. The molecular formula is C19H23N3O5S2. The van der Waals surface area contributed by atoms with Crippen LogP contribution in [0, 0.1) is 0 Å². The number of aromatic amines is 1. The topological polar surface area (TPSA) is 132 Å². The van der Waals surface area contributed by atoms with Crippen LogP contribution in [0.3, 0.4) is 0 Å². The van der Waals surface area contributed by atoms with Crippen LogP contribution in [-0.2, 0) is 23.2 Å². The molecule has 2 aromatic heterocycles. The van der Waals surface area contributed by atoms with Gasteiger partial charge in [0.1, 0.15) is 0 Å². The molecule has 1 aliphatic carbocycles. The highest BCUT2D eigenvalue weighted by atomic mass is 32.3. The van der Waals surface area contributed by atoms with Gasteiger partial charge in [0.2, 0.25) is 0 Å².